The predicted octanol–water partition coefficient (Wildman–Crippen LogP) is 2.54. The van der Waals surface area contributed by atoms with E-state index in [2.05, 4.69) is 15.3 Å². The molecule has 1 heterocycles. The quantitative estimate of drug-likeness (QED) is 0.855. The molecule has 1 aromatic rings. The highest BCUT2D eigenvalue weighted by Gasteiger charge is 2.35. The zero-order valence-corrected chi connectivity index (χ0v) is 10.5. The SMILES string of the molecule is CC(N)c1csc(N(CC2CC2)C2CC2)n1. The molecule has 1 atom stereocenters. The monoisotopic (exact) mass is 237 g/mol. The minimum absolute atomic E-state index is 0.0620. The van der Waals surface area contributed by atoms with Crippen molar-refractivity contribution in [1.29, 1.82) is 0 Å². The van der Waals surface area contributed by atoms with E-state index in [0.29, 0.717) is 0 Å². The fourth-order valence-corrected chi connectivity index (χ4v) is 2.98. The molecule has 4 heteroatoms. The summed E-state index contributed by atoms with van der Waals surface area (Å²) < 4.78 is 0. The molecule has 3 nitrogen and oxygen atoms in total. The molecule has 2 saturated carbocycles. The van der Waals surface area contributed by atoms with Gasteiger partial charge in [0.2, 0.25) is 0 Å². The average molecular weight is 237 g/mol. The lowest BCUT2D eigenvalue weighted by molar-refractivity contribution is 0.709. The predicted molar refractivity (Wildman–Crippen MR) is 67.8 cm³/mol. The Kier molecular flexibility index (Phi) is 2.64. The van der Waals surface area contributed by atoms with Crippen LogP contribution < -0.4 is 10.6 Å². The van der Waals surface area contributed by atoms with Crippen LogP contribution in [0.25, 0.3) is 0 Å². The second-order valence-electron chi connectivity index (χ2n) is 5.17. The van der Waals surface area contributed by atoms with E-state index in [1.54, 1.807) is 11.3 Å². The van der Waals surface area contributed by atoms with Gasteiger partial charge in [-0.2, -0.15) is 0 Å². The molecule has 0 spiro atoms. The van der Waals surface area contributed by atoms with Crippen LogP contribution in [-0.2, 0) is 0 Å². The summed E-state index contributed by atoms with van der Waals surface area (Å²) in [5, 5.41) is 3.31. The smallest absolute Gasteiger partial charge is 0.185 e. The molecule has 2 aliphatic carbocycles. The molecule has 0 amide bonds. The zero-order chi connectivity index (χ0) is 11.1. The van der Waals surface area contributed by atoms with Crippen LogP contribution in [0.3, 0.4) is 0 Å². The van der Waals surface area contributed by atoms with E-state index >= 15 is 0 Å². The Morgan fingerprint density at radius 1 is 1.50 bits per heavy atom. The first-order valence-corrected chi connectivity index (χ1v) is 7.09. The molecule has 0 radical (unpaired) electrons. The van der Waals surface area contributed by atoms with Crippen molar-refractivity contribution in [3.05, 3.63) is 11.1 Å². The third-order valence-corrected chi connectivity index (χ3v) is 4.26. The fourth-order valence-electron chi connectivity index (χ4n) is 1.97. The number of aromatic nitrogens is 1. The highest BCUT2D eigenvalue weighted by molar-refractivity contribution is 7.13. The second kappa shape index (κ2) is 4.00. The number of thiazole rings is 1. The van der Waals surface area contributed by atoms with Gasteiger partial charge in [-0.25, -0.2) is 4.98 Å². The molecule has 3 rings (SSSR count). The first kappa shape index (κ1) is 10.5. The van der Waals surface area contributed by atoms with Crippen molar-refractivity contribution in [3.8, 4) is 0 Å². The summed E-state index contributed by atoms with van der Waals surface area (Å²) in [7, 11) is 0. The molecule has 0 aliphatic heterocycles. The van der Waals surface area contributed by atoms with Crippen LogP contribution in [0.1, 0.15) is 44.3 Å². The summed E-state index contributed by atoms with van der Waals surface area (Å²) in [4.78, 5) is 7.19. The molecule has 2 fully saturated rings. The van der Waals surface area contributed by atoms with Gasteiger partial charge in [0.1, 0.15) is 0 Å². The Morgan fingerprint density at radius 2 is 2.25 bits per heavy atom. The van der Waals surface area contributed by atoms with Crippen LogP contribution in [0.15, 0.2) is 5.38 Å². The largest absolute Gasteiger partial charge is 0.345 e. The van der Waals surface area contributed by atoms with E-state index in [-0.39, 0.29) is 6.04 Å². The number of rotatable bonds is 5. The van der Waals surface area contributed by atoms with Gasteiger partial charge >= 0.3 is 0 Å². The summed E-state index contributed by atoms with van der Waals surface area (Å²) >= 11 is 1.76. The maximum Gasteiger partial charge on any atom is 0.185 e. The highest BCUT2D eigenvalue weighted by Crippen LogP contribution is 2.38. The maximum atomic E-state index is 5.86. The Morgan fingerprint density at radius 3 is 2.75 bits per heavy atom. The van der Waals surface area contributed by atoms with E-state index in [9.17, 15) is 0 Å². The number of anilines is 1. The first-order valence-electron chi connectivity index (χ1n) is 6.21. The van der Waals surface area contributed by atoms with Gasteiger partial charge in [-0.15, -0.1) is 11.3 Å². The molecule has 1 unspecified atom stereocenters. The third kappa shape index (κ3) is 2.23. The highest BCUT2D eigenvalue weighted by atomic mass is 32.1. The standard InChI is InChI=1S/C12H19N3S/c1-8(13)11-7-16-12(14-11)15(10-4-5-10)6-9-2-3-9/h7-10H,2-6,13H2,1H3. The Balaban J connectivity index is 1.75. The van der Waals surface area contributed by atoms with Crippen molar-refractivity contribution >= 4 is 16.5 Å². The van der Waals surface area contributed by atoms with E-state index < -0.39 is 0 Å². The van der Waals surface area contributed by atoms with Crippen LogP contribution in [0.2, 0.25) is 0 Å². The van der Waals surface area contributed by atoms with Gasteiger partial charge in [0, 0.05) is 24.0 Å². The minimum Gasteiger partial charge on any atom is -0.345 e. The van der Waals surface area contributed by atoms with Crippen LogP contribution >= 0.6 is 11.3 Å². The third-order valence-electron chi connectivity index (χ3n) is 3.36. The summed E-state index contributed by atoms with van der Waals surface area (Å²) in [5.41, 5.74) is 6.90. The van der Waals surface area contributed by atoms with Gasteiger partial charge in [0.25, 0.3) is 0 Å². The lowest BCUT2D eigenvalue weighted by atomic mass is 10.3. The van der Waals surface area contributed by atoms with E-state index in [4.69, 9.17) is 5.73 Å². The fraction of sp³-hybridized carbons (Fsp3) is 0.750. The van der Waals surface area contributed by atoms with E-state index in [1.165, 1.54) is 37.4 Å². The summed E-state index contributed by atoms with van der Waals surface area (Å²) in [6.07, 6.45) is 5.52. The van der Waals surface area contributed by atoms with Crippen molar-refractivity contribution in [1.82, 2.24) is 4.98 Å². The average Bonchev–Trinajstić information content (AvgIpc) is 3.14. The molecule has 2 N–H and O–H groups in total. The van der Waals surface area contributed by atoms with Crippen LogP contribution in [0, 0.1) is 5.92 Å². The van der Waals surface area contributed by atoms with Crippen molar-refractivity contribution in [2.45, 2.75) is 44.7 Å². The lowest BCUT2D eigenvalue weighted by Crippen LogP contribution is -2.28. The van der Waals surface area contributed by atoms with Gasteiger partial charge in [0.05, 0.1) is 5.69 Å². The van der Waals surface area contributed by atoms with Crippen molar-refractivity contribution < 1.29 is 0 Å². The zero-order valence-electron chi connectivity index (χ0n) is 9.72. The minimum atomic E-state index is 0.0620. The summed E-state index contributed by atoms with van der Waals surface area (Å²) in [6, 6.07) is 0.833. The van der Waals surface area contributed by atoms with Crippen LogP contribution in [0.4, 0.5) is 5.13 Å². The Hall–Kier alpha value is -0.610. The number of hydrogen-bond donors (Lipinski definition) is 1. The molecule has 88 valence electrons. The number of hydrogen-bond acceptors (Lipinski definition) is 4. The van der Waals surface area contributed by atoms with E-state index in [1.807, 2.05) is 6.92 Å². The first-order chi connectivity index (χ1) is 7.74. The lowest BCUT2D eigenvalue weighted by Gasteiger charge is -2.21. The van der Waals surface area contributed by atoms with E-state index in [0.717, 1.165) is 17.7 Å². The number of nitrogens with zero attached hydrogens (tertiary/aromatic N) is 2. The van der Waals surface area contributed by atoms with Crippen molar-refractivity contribution in [3.63, 3.8) is 0 Å². The Bertz CT molecular complexity index is 366. The van der Waals surface area contributed by atoms with Gasteiger partial charge in [0.15, 0.2) is 5.13 Å². The molecule has 2 aliphatic rings. The second-order valence-corrected chi connectivity index (χ2v) is 6.01. The topological polar surface area (TPSA) is 42.1 Å². The van der Waals surface area contributed by atoms with Gasteiger partial charge < -0.3 is 10.6 Å². The molecule has 0 aromatic carbocycles. The molecule has 0 bridgehead atoms. The van der Waals surface area contributed by atoms with Gasteiger partial charge in [-0.3, -0.25) is 0 Å². The maximum absolute atomic E-state index is 5.86. The van der Waals surface area contributed by atoms with Crippen molar-refractivity contribution in [2.75, 3.05) is 11.4 Å². The normalized spacial score (nSPS) is 22.1. The van der Waals surface area contributed by atoms with Crippen LogP contribution in [-0.4, -0.2) is 17.6 Å². The van der Waals surface area contributed by atoms with Crippen LogP contribution in [0.5, 0.6) is 0 Å². The molecular weight excluding hydrogens is 218 g/mol. The molecule has 16 heavy (non-hydrogen) atoms. The summed E-state index contributed by atoms with van der Waals surface area (Å²) in [5.74, 6) is 0.934. The van der Waals surface area contributed by atoms with Gasteiger partial charge in [-0.05, 0) is 38.5 Å². The van der Waals surface area contributed by atoms with Crippen molar-refractivity contribution in [2.24, 2.45) is 11.7 Å². The summed E-state index contributed by atoms with van der Waals surface area (Å²) in [6.45, 7) is 3.22. The molecular formula is C12H19N3S. The molecule has 1 aromatic heterocycles. The number of nitrogens with two attached hydrogens (primary N) is 1. The Labute approximate surface area is 101 Å². The van der Waals surface area contributed by atoms with Gasteiger partial charge in [-0.1, -0.05) is 0 Å². The molecule has 0 saturated heterocycles.